The summed E-state index contributed by atoms with van der Waals surface area (Å²) in [5.41, 5.74) is 0. The topological polar surface area (TPSA) is 9.23 Å². The smallest absolute Gasteiger partial charge is 0.0787 e. The van der Waals surface area contributed by atoms with E-state index in [1.54, 1.807) is 13.4 Å². The summed E-state index contributed by atoms with van der Waals surface area (Å²) in [6.07, 6.45) is 32.2. The van der Waals surface area contributed by atoms with Gasteiger partial charge in [0.15, 0.2) is 0 Å². The molecule has 0 atom stereocenters. The molecule has 0 bridgehead atoms. The summed E-state index contributed by atoms with van der Waals surface area (Å²) in [6.45, 7) is 2.29. The van der Waals surface area contributed by atoms with E-state index in [0.717, 1.165) is 6.42 Å². The minimum atomic E-state index is 0.993. The van der Waals surface area contributed by atoms with Crippen molar-refractivity contribution in [1.82, 2.24) is 0 Å². The third-order valence-corrected chi connectivity index (χ3v) is 4.65. The average molecular weight is 337 g/mol. The second kappa shape index (κ2) is 22.3. The molecule has 0 aliphatic carbocycles. The molecule has 1 heteroatoms. The molecular formula is C23H44O. The average Bonchev–Trinajstić information content (AvgIpc) is 2.60. The summed E-state index contributed by atoms with van der Waals surface area (Å²) >= 11 is 0. The first kappa shape index (κ1) is 23.3. The van der Waals surface area contributed by atoms with Crippen molar-refractivity contribution < 1.29 is 4.74 Å². The van der Waals surface area contributed by atoms with Gasteiger partial charge in [-0.2, -0.15) is 0 Å². The van der Waals surface area contributed by atoms with Gasteiger partial charge in [-0.15, -0.1) is 0 Å². The van der Waals surface area contributed by atoms with E-state index in [-0.39, 0.29) is 0 Å². The van der Waals surface area contributed by atoms with E-state index < -0.39 is 0 Å². The Kier molecular flexibility index (Phi) is 21.6. The van der Waals surface area contributed by atoms with Crippen LogP contribution in [0.1, 0.15) is 116 Å². The molecule has 0 radical (unpaired) electrons. The minimum absolute atomic E-state index is 0.993. The van der Waals surface area contributed by atoms with E-state index in [0.29, 0.717) is 0 Å². The van der Waals surface area contributed by atoms with E-state index in [2.05, 4.69) is 19.1 Å². The van der Waals surface area contributed by atoms with Crippen LogP contribution in [-0.2, 0) is 4.74 Å². The molecular weight excluding hydrogens is 292 g/mol. The van der Waals surface area contributed by atoms with Gasteiger partial charge in [0, 0.05) is 0 Å². The Hall–Kier alpha value is -0.720. The van der Waals surface area contributed by atoms with Crippen molar-refractivity contribution in [3.05, 3.63) is 24.5 Å². The third kappa shape index (κ3) is 21.3. The molecule has 142 valence electrons. The zero-order valence-electron chi connectivity index (χ0n) is 16.7. The summed E-state index contributed by atoms with van der Waals surface area (Å²) in [7, 11) is 1.69. The number of ether oxygens (including phenoxy) is 1. The van der Waals surface area contributed by atoms with Crippen LogP contribution in [0, 0.1) is 0 Å². The van der Waals surface area contributed by atoms with Crippen LogP contribution in [0.15, 0.2) is 24.5 Å². The summed E-state index contributed by atoms with van der Waals surface area (Å²) in [5.74, 6) is 0. The lowest BCUT2D eigenvalue weighted by Gasteiger charge is -2.03. The van der Waals surface area contributed by atoms with Gasteiger partial charge in [-0.25, -0.2) is 0 Å². The predicted octanol–water partition coefficient (Wildman–Crippen LogP) is 8.35. The van der Waals surface area contributed by atoms with Gasteiger partial charge >= 0.3 is 0 Å². The molecule has 0 aliphatic rings. The van der Waals surface area contributed by atoms with Crippen LogP contribution in [0.25, 0.3) is 0 Å². The molecule has 0 rings (SSSR count). The number of rotatable bonds is 19. The maximum atomic E-state index is 4.86. The first-order chi connectivity index (χ1) is 11.9. The van der Waals surface area contributed by atoms with Crippen molar-refractivity contribution in [2.75, 3.05) is 7.11 Å². The Morgan fingerprint density at radius 1 is 0.542 bits per heavy atom. The Balaban J connectivity index is 3.04. The molecule has 24 heavy (non-hydrogen) atoms. The maximum Gasteiger partial charge on any atom is 0.0787 e. The Bertz CT molecular complexity index is 267. The largest absolute Gasteiger partial charge is 0.505 e. The van der Waals surface area contributed by atoms with Gasteiger partial charge in [-0.1, -0.05) is 109 Å². The van der Waals surface area contributed by atoms with Crippen LogP contribution in [0.2, 0.25) is 0 Å². The molecule has 0 unspecified atom stereocenters. The molecule has 1 nitrogen and oxygen atoms in total. The fraction of sp³-hybridized carbons (Fsp3) is 0.826. The molecule has 0 aliphatic heterocycles. The minimum Gasteiger partial charge on any atom is -0.505 e. The molecule has 0 amide bonds. The number of allylic oxidation sites excluding steroid dienone is 3. The zero-order valence-corrected chi connectivity index (χ0v) is 16.7. The van der Waals surface area contributed by atoms with E-state index in [1.165, 1.54) is 103 Å². The summed E-state index contributed by atoms with van der Waals surface area (Å²) in [5, 5.41) is 0. The lowest BCUT2D eigenvalue weighted by atomic mass is 10.0. The number of unbranched alkanes of at least 4 members (excludes halogenated alkanes) is 15. The first-order valence-electron chi connectivity index (χ1n) is 10.7. The molecule has 0 aromatic carbocycles. The van der Waals surface area contributed by atoms with E-state index in [9.17, 15) is 0 Å². The molecule has 0 heterocycles. The summed E-state index contributed by atoms with van der Waals surface area (Å²) in [6, 6.07) is 0. The highest BCUT2D eigenvalue weighted by atomic mass is 16.5. The highest BCUT2D eigenvalue weighted by Crippen LogP contribution is 2.13. The standard InChI is InChI=1S/C23H44O/c1-3-4-5-6-7-8-9-10-11-12-13-14-15-16-17-18-19-20-21-22-23-24-2/h19-20,22-23H,3-18,21H2,1-2H3. The van der Waals surface area contributed by atoms with Gasteiger partial charge in [0.2, 0.25) is 0 Å². The van der Waals surface area contributed by atoms with Crippen molar-refractivity contribution in [3.8, 4) is 0 Å². The molecule has 0 aromatic heterocycles. The van der Waals surface area contributed by atoms with Crippen molar-refractivity contribution >= 4 is 0 Å². The van der Waals surface area contributed by atoms with Crippen LogP contribution in [0.4, 0.5) is 0 Å². The summed E-state index contributed by atoms with van der Waals surface area (Å²) in [4.78, 5) is 0. The number of hydrogen-bond acceptors (Lipinski definition) is 1. The van der Waals surface area contributed by atoms with Gasteiger partial charge < -0.3 is 4.74 Å². The molecule has 0 spiro atoms. The maximum absolute atomic E-state index is 4.86. The van der Waals surface area contributed by atoms with Gasteiger partial charge in [-0.05, 0) is 25.3 Å². The van der Waals surface area contributed by atoms with Crippen LogP contribution in [-0.4, -0.2) is 7.11 Å². The monoisotopic (exact) mass is 336 g/mol. The quantitative estimate of drug-likeness (QED) is 0.131. The Morgan fingerprint density at radius 3 is 1.46 bits per heavy atom. The first-order valence-corrected chi connectivity index (χ1v) is 10.7. The van der Waals surface area contributed by atoms with Crippen LogP contribution < -0.4 is 0 Å². The fourth-order valence-corrected chi connectivity index (χ4v) is 3.08. The van der Waals surface area contributed by atoms with E-state index >= 15 is 0 Å². The Morgan fingerprint density at radius 2 is 1.00 bits per heavy atom. The van der Waals surface area contributed by atoms with E-state index in [1.807, 2.05) is 6.08 Å². The van der Waals surface area contributed by atoms with Crippen LogP contribution in [0.5, 0.6) is 0 Å². The fourth-order valence-electron chi connectivity index (χ4n) is 3.08. The van der Waals surface area contributed by atoms with Gasteiger partial charge in [-0.3, -0.25) is 0 Å². The van der Waals surface area contributed by atoms with Crippen molar-refractivity contribution in [2.45, 2.75) is 116 Å². The molecule has 0 fully saturated rings. The molecule has 0 N–H and O–H groups in total. The third-order valence-electron chi connectivity index (χ3n) is 4.65. The Labute approximate surface area is 153 Å². The van der Waals surface area contributed by atoms with Gasteiger partial charge in [0.1, 0.15) is 0 Å². The lowest BCUT2D eigenvalue weighted by molar-refractivity contribution is 0.337. The number of methoxy groups -OCH3 is 1. The second-order valence-corrected chi connectivity index (χ2v) is 7.05. The van der Waals surface area contributed by atoms with Crippen molar-refractivity contribution in [1.29, 1.82) is 0 Å². The van der Waals surface area contributed by atoms with E-state index in [4.69, 9.17) is 4.74 Å². The molecule has 0 saturated carbocycles. The summed E-state index contributed by atoms with van der Waals surface area (Å²) < 4.78 is 4.86. The highest BCUT2D eigenvalue weighted by molar-refractivity contribution is 4.89. The van der Waals surface area contributed by atoms with Crippen LogP contribution >= 0.6 is 0 Å². The highest BCUT2D eigenvalue weighted by Gasteiger charge is 1.94. The lowest BCUT2D eigenvalue weighted by Crippen LogP contribution is -1.83. The normalized spacial score (nSPS) is 11.8. The van der Waals surface area contributed by atoms with Crippen molar-refractivity contribution in [2.24, 2.45) is 0 Å². The predicted molar refractivity (Wildman–Crippen MR) is 109 cm³/mol. The zero-order chi connectivity index (χ0) is 17.6. The number of hydrogen-bond donors (Lipinski definition) is 0. The van der Waals surface area contributed by atoms with Crippen LogP contribution in [0.3, 0.4) is 0 Å². The van der Waals surface area contributed by atoms with Crippen molar-refractivity contribution in [3.63, 3.8) is 0 Å². The second-order valence-electron chi connectivity index (χ2n) is 7.05. The van der Waals surface area contributed by atoms with Gasteiger partial charge in [0.25, 0.3) is 0 Å². The van der Waals surface area contributed by atoms with Gasteiger partial charge in [0.05, 0.1) is 13.4 Å². The molecule has 0 aromatic rings. The SMILES string of the molecule is CCCCCCCCCCCCCCCCCC=CCC=COC. The molecule has 0 saturated heterocycles.